The van der Waals surface area contributed by atoms with Gasteiger partial charge in [0.25, 0.3) is 5.91 Å². The molecule has 3 atom stereocenters. The summed E-state index contributed by atoms with van der Waals surface area (Å²) in [4.78, 5) is 23.4. The fourth-order valence-electron chi connectivity index (χ4n) is 7.29. The normalized spacial score (nSPS) is 19.8. The number of β-amino-alcohol motifs (C(OH)–C–C–N with tert-alkyl or cyclic N) is 1. The Balaban J connectivity index is 1.21. The van der Waals surface area contributed by atoms with E-state index >= 15 is 8.78 Å². The van der Waals surface area contributed by atoms with Gasteiger partial charge in [0, 0.05) is 23.7 Å². The summed E-state index contributed by atoms with van der Waals surface area (Å²) in [6.45, 7) is 1.48. The molecule has 0 saturated carbocycles. The van der Waals surface area contributed by atoms with Gasteiger partial charge in [-0.1, -0.05) is 29.2 Å². The number of aliphatic hydroxyl groups is 1. The van der Waals surface area contributed by atoms with Crippen molar-refractivity contribution in [1.82, 2.24) is 25.1 Å². The summed E-state index contributed by atoms with van der Waals surface area (Å²) in [6.07, 6.45) is -5.21. The largest absolute Gasteiger partial charge is 0.435 e. The molecule has 0 bridgehead atoms. The number of pyridine rings is 1. The lowest BCUT2D eigenvalue weighted by Gasteiger charge is -2.43. The van der Waals surface area contributed by atoms with Gasteiger partial charge in [-0.05, 0) is 54.8 Å². The van der Waals surface area contributed by atoms with Gasteiger partial charge in [0.15, 0.2) is 16.5 Å². The highest BCUT2D eigenvalue weighted by Crippen LogP contribution is 2.58. The molecule has 1 aliphatic heterocycles. The zero-order valence-corrected chi connectivity index (χ0v) is 28.7. The molecule has 280 valence electrons. The van der Waals surface area contributed by atoms with E-state index < -0.39 is 88.0 Å². The molecule has 5 aromatic rings. The number of thiazole rings is 1. The van der Waals surface area contributed by atoms with Gasteiger partial charge in [-0.3, -0.25) is 9.48 Å². The van der Waals surface area contributed by atoms with Crippen LogP contribution in [0, 0.1) is 35.2 Å². The number of primary amides is 1. The molecule has 54 heavy (non-hydrogen) atoms. The first-order valence-electron chi connectivity index (χ1n) is 16.5. The minimum absolute atomic E-state index is 0.135. The van der Waals surface area contributed by atoms with E-state index in [1.807, 2.05) is 4.90 Å². The molecule has 0 radical (unpaired) electrons. The molecule has 2 aromatic carbocycles. The van der Waals surface area contributed by atoms with Crippen LogP contribution in [-0.2, 0) is 25.1 Å². The maximum absolute atomic E-state index is 15.4. The molecular weight excluding hydrogens is 746 g/mol. The average molecular weight is 774 g/mol. The van der Waals surface area contributed by atoms with Crippen molar-refractivity contribution in [2.75, 3.05) is 24.5 Å². The van der Waals surface area contributed by atoms with Crippen LogP contribution in [0.4, 0.5) is 40.3 Å². The standard InChI is InChI=1S/C36H27F8N7O2S/c1-34(53)14-50(15-34)33-48-32-26(54-33)13-21(17-2-5-24(39)22(11-17)31(45)52)28(47-32)25(10-16-8-18(37)12-19(38)9-16)46-6-7-51-30-27(29(49-51)36(42,43)44)20-3-4-23(20)35(30,40)41/h2,5,8-9,11-13,20,23,25,46,53H,6-7,10,14-15H2,1H3,(H2,45,52)/t20-,23+,25-/m0/s1. The van der Waals surface area contributed by atoms with Crippen LogP contribution in [0.25, 0.3) is 21.5 Å². The van der Waals surface area contributed by atoms with Crippen molar-refractivity contribution in [3.05, 3.63) is 93.7 Å². The predicted molar refractivity (Wildman–Crippen MR) is 180 cm³/mol. The van der Waals surface area contributed by atoms with Crippen LogP contribution in [0.2, 0.25) is 0 Å². The van der Waals surface area contributed by atoms with E-state index in [4.69, 9.17) is 10.7 Å². The predicted octanol–water partition coefficient (Wildman–Crippen LogP) is 6.06. The summed E-state index contributed by atoms with van der Waals surface area (Å²) >= 11 is 1.24. The van der Waals surface area contributed by atoms with Gasteiger partial charge in [0.1, 0.15) is 29.1 Å². The van der Waals surface area contributed by atoms with Gasteiger partial charge in [0.05, 0.1) is 53.2 Å². The lowest BCUT2D eigenvalue weighted by Crippen LogP contribution is -2.60. The van der Waals surface area contributed by atoms with Gasteiger partial charge in [0.2, 0.25) is 0 Å². The Morgan fingerprint density at radius 2 is 1.81 bits per heavy atom. The Morgan fingerprint density at radius 1 is 1.09 bits per heavy atom. The number of nitrogens with one attached hydrogen (secondary N) is 1. The van der Waals surface area contributed by atoms with Gasteiger partial charge in [-0.25, -0.2) is 18.2 Å². The molecule has 4 heterocycles. The average Bonchev–Trinajstić information content (AvgIpc) is 3.67. The Kier molecular flexibility index (Phi) is 8.28. The van der Waals surface area contributed by atoms with Crippen molar-refractivity contribution in [1.29, 1.82) is 0 Å². The van der Waals surface area contributed by atoms with Gasteiger partial charge >= 0.3 is 12.1 Å². The number of aromatic nitrogens is 4. The molecule has 1 amide bonds. The summed E-state index contributed by atoms with van der Waals surface area (Å²) in [7, 11) is 0. The van der Waals surface area contributed by atoms with Crippen LogP contribution < -0.4 is 16.0 Å². The SMILES string of the molecule is CC1(O)CN(c2nc3nc([C@H](Cc4cc(F)cc(F)c4)NCCn4nc(C(F)(F)F)c5c4C(F)(F)[C@@H]4C#C[C@H]54)c(-c4ccc(F)c(C(N)=O)c4)cc3s2)C1. The number of rotatable bonds is 10. The first-order chi connectivity index (χ1) is 25.4. The molecular formula is C36H27F8N7O2S. The molecule has 2 aliphatic carbocycles. The number of hydrogen-bond acceptors (Lipinski definition) is 8. The number of amides is 1. The number of nitrogens with zero attached hydrogens (tertiary/aromatic N) is 5. The molecule has 3 aromatic heterocycles. The van der Waals surface area contributed by atoms with Crippen molar-refractivity contribution in [2.24, 2.45) is 11.7 Å². The maximum atomic E-state index is 15.4. The number of alkyl halides is 5. The van der Waals surface area contributed by atoms with Gasteiger partial charge < -0.3 is 21.1 Å². The lowest BCUT2D eigenvalue weighted by molar-refractivity contribution is -0.142. The van der Waals surface area contributed by atoms with Crippen LogP contribution in [0.15, 0.2) is 42.5 Å². The highest BCUT2D eigenvalue weighted by Gasteiger charge is 2.62. The molecule has 3 aliphatic rings. The number of benzene rings is 2. The third kappa shape index (κ3) is 6.13. The summed E-state index contributed by atoms with van der Waals surface area (Å²) < 4.78 is 118. The van der Waals surface area contributed by atoms with Crippen LogP contribution in [0.1, 0.15) is 57.5 Å². The minimum Gasteiger partial charge on any atom is -0.386 e. The molecule has 9 nitrogen and oxygen atoms in total. The Hall–Kier alpha value is -5.12. The highest BCUT2D eigenvalue weighted by atomic mass is 32.1. The second-order valence-electron chi connectivity index (χ2n) is 13.8. The van der Waals surface area contributed by atoms with Crippen molar-refractivity contribution in [2.45, 2.75) is 49.5 Å². The number of halogens is 8. The fraction of sp³-hybridized carbons (Fsp3) is 0.333. The zero-order chi connectivity index (χ0) is 38.5. The van der Waals surface area contributed by atoms with Crippen molar-refractivity contribution >= 4 is 32.7 Å². The van der Waals surface area contributed by atoms with Gasteiger partial charge in [-0.2, -0.15) is 32.0 Å². The monoisotopic (exact) mass is 773 g/mol. The smallest absolute Gasteiger partial charge is 0.386 e. The second kappa shape index (κ2) is 12.5. The van der Waals surface area contributed by atoms with E-state index in [1.54, 1.807) is 13.0 Å². The first-order valence-corrected chi connectivity index (χ1v) is 17.4. The van der Waals surface area contributed by atoms with Gasteiger partial charge in [-0.15, -0.1) is 0 Å². The van der Waals surface area contributed by atoms with E-state index in [9.17, 15) is 36.2 Å². The van der Waals surface area contributed by atoms with E-state index in [0.717, 1.165) is 18.2 Å². The van der Waals surface area contributed by atoms with E-state index in [2.05, 4.69) is 27.2 Å². The summed E-state index contributed by atoms with van der Waals surface area (Å²) in [6, 6.07) is 7.05. The van der Waals surface area contributed by atoms with Crippen LogP contribution in [0.5, 0.6) is 0 Å². The third-order valence-corrected chi connectivity index (χ3v) is 10.7. The number of carbonyl (C=O) groups excluding carboxylic acids is 1. The molecule has 4 N–H and O–H groups in total. The Bertz CT molecular complexity index is 2400. The summed E-state index contributed by atoms with van der Waals surface area (Å²) in [5.41, 5.74) is 2.20. The molecule has 8 rings (SSSR count). The van der Waals surface area contributed by atoms with E-state index in [1.165, 1.54) is 23.5 Å². The topological polar surface area (TPSA) is 122 Å². The van der Waals surface area contributed by atoms with Crippen LogP contribution >= 0.6 is 11.3 Å². The number of nitrogens with two attached hydrogens (primary N) is 1. The van der Waals surface area contributed by atoms with E-state index in [0.29, 0.717) is 39.2 Å². The first kappa shape index (κ1) is 35.9. The van der Waals surface area contributed by atoms with Crippen molar-refractivity contribution in [3.8, 4) is 23.0 Å². The molecule has 1 fully saturated rings. The summed E-state index contributed by atoms with van der Waals surface area (Å²) in [5, 5.41) is 17.5. The number of fused-ring (bicyclic) bond motifs is 4. The molecule has 18 heteroatoms. The molecule has 0 spiro atoms. The Morgan fingerprint density at radius 3 is 2.44 bits per heavy atom. The number of hydrogen-bond donors (Lipinski definition) is 3. The van der Waals surface area contributed by atoms with Crippen molar-refractivity contribution in [3.63, 3.8) is 0 Å². The van der Waals surface area contributed by atoms with Crippen LogP contribution in [-0.4, -0.2) is 56.0 Å². The minimum atomic E-state index is -5.03. The highest BCUT2D eigenvalue weighted by molar-refractivity contribution is 7.22. The number of carbonyl (C=O) groups is 1. The van der Waals surface area contributed by atoms with E-state index in [-0.39, 0.29) is 35.4 Å². The zero-order valence-electron chi connectivity index (χ0n) is 27.9. The maximum Gasteiger partial charge on any atom is 0.435 e. The Labute approximate surface area is 304 Å². The van der Waals surface area contributed by atoms with Crippen LogP contribution in [0.3, 0.4) is 0 Å². The quantitative estimate of drug-likeness (QED) is 0.117. The number of anilines is 1. The third-order valence-electron chi connectivity index (χ3n) is 9.69. The second-order valence-corrected chi connectivity index (χ2v) is 14.8. The fourth-order valence-corrected chi connectivity index (χ4v) is 8.24. The molecule has 0 unspecified atom stereocenters. The lowest BCUT2D eigenvalue weighted by atomic mass is 9.84. The van der Waals surface area contributed by atoms with Crippen molar-refractivity contribution < 1.29 is 45.0 Å². The molecule has 1 saturated heterocycles. The summed E-state index contributed by atoms with van der Waals surface area (Å²) in [5.74, 6) is -5.67.